The fourth-order valence-corrected chi connectivity index (χ4v) is 2.51. The highest BCUT2D eigenvalue weighted by Gasteiger charge is 2.16. The zero-order valence-electron chi connectivity index (χ0n) is 13.2. The first-order valence-corrected chi connectivity index (χ1v) is 7.55. The zero-order valence-corrected chi connectivity index (χ0v) is 14.0. The van der Waals surface area contributed by atoms with E-state index in [-0.39, 0.29) is 5.91 Å². The zero-order chi connectivity index (χ0) is 16.3. The molecule has 0 unspecified atom stereocenters. The van der Waals surface area contributed by atoms with Gasteiger partial charge in [-0.1, -0.05) is 17.7 Å². The molecule has 0 aliphatic rings. The lowest BCUT2D eigenvalue weighted by Crippen LogP contribution is -2.30. The van der Waals surface area contributed by atoms with Crippen LogP contribution in [0.2, 0.25) is 5.02 Å². The lowest BCUT2D eigenvalue weighted by molar-refractivity contribution is -0.122. The second-order valence-corrected chi connectivity index (χ2v) is 5.97. The summed E-state index contributed by atoms with van der Waals surface area (Å²) < 4.78 is 5.72. The van der Waals surface area contributed by atoms with Crippen molar-refractivity contribution in [3.63, 3.8) is 0 Å². The van der Waals surface area contributed by atoms with E-state index in [4.69, 9.17) is 16.3 Å². The standard InChI is InChI=1S/C18H20ClNO2/c1-11-7-12(2)9-16(8-11)20-18(21)14(4)22-17-6-5-15(19)10-13(17)3/h5-10,14H,1-4H3,(H,20,21)/t14-/m1/s1. The molecule has 22 heavy (non-hydrogen) atoms. The summed E-state index contributed by atoms with van der Waals surface area (Å²) in [6.45, 7) is 7.63. The highest BCUT2D eigenvalue weighted by molar-refractivity contribution is 6.30. The molecule has 0 aliphatic heterocycles. The van der Waals surface area contributed by atoms with Gasteiger partial charge in [0.25, 0.3) is 5.91 Å². The van der Waals surface area contributed by atoms with Crippen molar-refractivity contribution in [2.24, 2.45) is 0 Å². The third kappa shape index (κ3) is 4.25. The van der Waals surface area contributed by atoms with E-state index < -0.39 is 6.10 Å². The van der Waals surface area contributed by atoms with Crippen molar-refractivity contribution in [1.82, 2.24) is 0 Å². The van der Waals surface area contributed by atoms with Gasteiger partial charge in [-0.3, -0.25) is 4.79 Å². The van der Waals surface area contributed by atoms with Crippen LogP contribution in [-0.2, 0) is 4.79 Å². The van der Waals surface area contributed by atoms with Gasteiger partial charge in [0.15, 0.2) is 6.10 Å². The Morgan fingerprint density at radius 3 is 2.32 bits per heavy atom. The van der Waals surface area contributed by atoms with Gasteiger partial charge in [0.05, 0.1) is 0 Å². The molecule has 0 saturated heterocycles. The third-order valence-corrected chi connectivity index (χ3v) is 3.53. The third-order valence-electron chi connectivity index (χ3n) is 3.30. The van der Waals surface area contributed by atoms with E-state index in [0.717, 1.165) is 22.4 Å². The number of rotatable bonds is 4. The molecule has 2 aromatic rings. The smallest absolute Gasteiger partial charge is 0.265 e. The van der Waals surface area contributed by atoms with Crippen LogP contribution in [0.1, 0.15) is 23.6 Å². The van der Waals surface area contributed by atoms with Crippen molar-refractivity contribution >= 4 is 23.2 Å². The summed E-state index contributed by atoms with van der Waals surface area (Å²) in [4.78, 5) is 12.3. The first-order chi connectivity index (χ1) is 10.3. The summed E-state index contributed by atoms with van der Waals surface area (Å²) in [5.41, 5.74) is 3.90. The Balaban J connectivity index is 2.05. The minimum absolute atomic E-state index is 0.181. The molecule has 116 valence electrons. The average molecular weight is 318 g/mol. The molecule has 0 bridgehead atoms. The number of carbonyl (C=O) groups is 1. The van der Waals surface area contributed by atoms with Gasteiger partial charge in [-0.2, -0.15) is 0 Å². The Labute approximate surface area is 136 Å². The Hall–Kier alpha value is -2.00. The summed E-state index contributed by atoms with van der Waals surface area (Å²) >= 11 is 5.92. The number of benzene rings is 2. The van der Waals surface area contributed by atoms with Crippen LogP contribution in [0.15, 0.2) is 36.4 Å². The van der Waals surface area contributed by atoms with E-state index in [1.165, 1.54) is 0 Å². The summed E-state index contributed by atoms with van der Waals surface area (Å²) in [7, 11) is 0. The van der Waals surface area contributed by atoms with E-state index in [1.807, 2.05) is 39.0 Å². The lowest BCUT2D eigenvalue weighted by atomic mass is 10.1. The first kappa shape index (κ1) is 16.4. The summed E-state index contributed by atoms with van der Waals surface area (Å²) in [6.07, 6.45) is -0.597. The number of halogens is 1. The molecular formula is C18H20ClNO2. The van der Waals surface area contributed by atoms with E-state index >= 15 is 0 Å². The van der Waals surface area contributed by atoms with Gasteiger partial charge >= 0.3 is 0 Å². The molecule has 0 spiro atoms. The first-order valence-electron chi connectivity index (χ1n) is 7.17. The monoisotopic (exact) mass is 317 g/mol. The van der Waals surface area contributed by atoms with Crippen LogP contribution in [0.4, 0.5) is 5.69 Å². The van der Waals surface area contributed by atoms with Crippen LogP contribution in [0, 0.1) is 20.8 Å². The van der Waals surface area contributed by atoms with Crippen LogP contribution in [-0.4, -0.2) is 12.0 Å². The van der Waals surface area contributed by atoms with Crippen molar-refractivity contribution in [2.45, 2.75) is 33.8 Å². The molecule has 0 aromatic heterocycles. The van der Waals surface area contributed by atoms with Crippen molar-refractivity contribution in [1.29, 1.82) is 0 Å². The predicted molar refractivity (Wildman–Crippen MR) is 90.8 cm³/mol. The van der Waals surface area contributed by atoms with Gasteiger partial charge in [-0.05, 0) is 74.7 Å². The van der Waals surface area contributed by atoms with Crippen molar-refractivity contribution in [3.05, 3.63) is 58.1 Å². The number of carbonyl (C=O) groups excluding carboxylic acids is 1. The molecule has 0 fully saturated rings. The number of ether oxygens (including phenoxy) is 1. The molecule has 1 atom stereocenters. The van der Waals surface area contributed by atoms with Crippen LogP contribution in [0.5, 0.6) is 5.75 Å². The van der Waals surface area contributed by atoms with Crippen molar-refractivity contribution in [2.75, 3.05) is 5.32 Å². The molecule has 1 amide bonds. The van der Waals surface area contributed by atoms with Crippen LogP contribution < -0.4 is 10.1 Å². The molecule has 2 rings (SSSR count). The number of nitrogens with one attached hydrogen (secondary N) is 1. The average Bonchev–Trinajstić information content (AvgIpc) is 2.40. The number of hydrogen-bond acceptors (Lipinski definition) is 2. The minimum Gasteiger partial charge on any atom is -0.481 e. The Morgan fingerprint density at radius 1 is 1.09 bits per heavy atom. The van der Waals surface area contributed by atoms with Crippen LogP contribution in [0.3, 0.4) is 0 Å². The van der Waals surface area contributed by atoms with Gasteiger partial charge in [0.2, 0.25) is 0 Å². The molecule has 0 saturated carbocycles. The second kappa shape index (κ2) is 6.84. The van der Waals surface area contributed by atoms with E-state index in [9.17, 15) is 4.79 Å². The maximum Gasteiger partial charge on any atom is 0.265 e. The quantitative estimate of drug-likeness (QED) is 0.889. The van der Waals surface area contributed by atoms with Gasteiger partial charge in [0, 0.05) is 10.7 Å². The number of anilines is 1. The summed E-state index contributed by atoms with van der Waals surface area (Å²) in [6, 6.07) is 11.3. The molecule has 4 heteroatoms. The molecule has 3 nitrogen and oxygen atoms in total. The minimum atomic E-state index is -0.597. The van der Waals surface area contributed by atoms with Crippen LogP contribution >= 0.6 is 11.6 Å². The van der Waals surface area contributed by atoms with E-state index in [2.05, 4.69) is 11.4 Å². The fraction of sp³-hybridized carbons (Fsp3) is 0.278. The normalized spacial score (nSPS) is 11.9. The van der Waals surface area contributed by atoms with Crippen molar-refractivity contribution in [3.8, 4) is 5.75 Å². The molecule has 2 aromatic carbocycles. The Kier molecular flexibility index (Phi) is 5.09. The lowest BCUT2D eigenvalue weighted by Gasteiger charge is -2.17. The molecule has 0 aliphatic carbocycles. The van der Waals surface area contributed by atoms with Crippen molar-refractivity contribution < 1.29 is 9.53 Å². The Morgan fingerprint density at radius 2 is 1.73 bits per heavy atom. The van der Waals surface area contributed by atoms with E-state index in [1.54, 1.807) is 19.1 Å². The highest BCUT2D eigenvalue weighted by atomic mass is 35.5. The Bertz CT molecular complexity index is 677. The maximum atomic E-state index is 12.3. The van der Waals surface area contributed by atoms with Gasteiger partial charge in [0.1, 0.15) is 5.75 Å². The largest absolute Gasteiger partial charge is 0.481 e. The van der Waals surface area contributed by atoms with Gasteiger partial charge in [-0.15, -0.1) is 0 Å². The predicted octanol–water partition coefficient (Wildman–Crippen LogP) is 4.67. The highest BCUT2D eigenvalue weighted by Crippen LogP contribution is 2.23. The number of hydrogen-bond donors (Lipinski definition) is 1. The molecule has 0 radical (unpaired) electrons. The maximum absolute atomic E-state index is 12.3. The molecule has 0 heterocycles. The number of amides is 1. The van der Waals surface area contributed by atoms with Crippen LogP contribution in [0.25, 0.3) is 0 Å². The second-order valence-electron chi connectivity index (χ2n) is 5.54. The molecular weight excluding hydrogens is 298 g/mol. The number of aryl methyl sites for hydroxylation is 3. The van der Waals surface area contributed by atoms with Gasteiger partial charge < -0.3 is 10.1 Å². The summed E-state index contributed by atoms with van der Waals surface area (Å²) in [5.74, 6) is 0.479. The molecule has 1 N–H and O–H groups in total. The van der Waals surface area contributed by atoms with E-state index in [0.29, 0.717) is 10.8 Å². The van der Waals surface area contributed by atoms with Gasteiger partial charge in [-0.25, -0.2) is 0 Å². The topological polar surface area (TPSA) is 38.3 Å². The fourth-order valence-electron chi connectivity index (χ4n) is 2.28. The SMILES string of the molecule is Cc1cc(C)cc(NC(=O)[C@@H](C)Oc2ccc(Cl)cc2C)c1. The summed E-state index contributed by atoms with van der Waals surface area (Å²) in [5, 5.41) is 3.53.